The van der Waals surface area contributed by atoms with Gasteiger partial charge in [0.25, 0.3) is 0 Å². The molecule has 0 radical (unpaired) electrons. The molecule has 1 saturated heterocycles. The maximum Gasteiger partial charge on any atom is 0.434 e. The van der Waals surface area contributed by atoms with Crippen LogP contribution in [-0.2, 0) is 6.18 Å². The van der Waals surface area contributed by atoms with Gasteiger partial charge in [0.2, 0.25) is 0 Å². The smallest absolute Gasteiger partial charge is 0.338 e. The predicted molar refractivity (Wildman–Crippen MR) is 83.5 cm³/mol. The first-order valence-corrected chi connectivity index (χ1v) is 8.05. The summed E-state index contributed by atoms with van der Waals surface area (Å²) in [6, 6.07) is -0.491. The summed E-state index contributed by atoms with van der Waals surface area (Å²) in [7, 11) is 0. The van der Waals surface area contributed by atoms with Gasteiger partial charge in [0.15, 0.2) is 11.5 Å². The van der Waals surface area contributed by atoms with Crippen LogP contribution in [0.15, 0.2) is 12.4 Å². The van der Waals surface area contributed by atoms with E-state index in [4.69, 9.17) is 0 Å². The van der Waals surface area contributed by atoms with E-state index in [1.807, 2.05) is 0 Å². The topological polar surface area (TPSA) is 70.2 Å². The van der Waals surface area contributed by atoms with E-state index in [-0.39, 0.29) is 5.82 Å². The molecule has 0 aliphatic carbocycles. The van der Waals surface area contributed by atoms with Crippen LogP contribution in [0.4, 0.5) is 23.8 Å². The standard InChI is InChI=1S/C15H22F3N5O/c1-2-23-7-4-11(5-8-23)3-6-19-14(24)22-13-10-20-12(9-21-13)15(16,17)18/h9-11H,2-8H2,1H3,(H2,19,21,22,24). The summed E-state index contributed by atoms with van der Waals surface area (Å²) in [5, 5.41) is 5.07. The van der Waals surface area contributed by atoms with Gasteiger partial charge >= 0.3 is 12.2 Å². The lowest BCUT2D eigenvalue weighted by Gasteiger charge is -2.30. The summed E-state index contributed by atoms with van der Waals surface area (Å²) in [5.41, 5.74) is -1.09. The van der Waals surface area contributed by atoms with Crippen molar-refractivity contribution in [3.63, 3.8) is 0 Å². The van der Waals surface area contributed by atoms with Crippen molar-refractivity contribution in [1.82, 2.24) is 20.2 Å². The molecule has 1 aromatic rings. The van der Waals surface area contributed by atoms with Crippen LogP contribution >= 0.6 is 0 Å². The number of aromatic nitrogens is 2. The molecule has 1 aromatic heterocycles. The Morgan fingerprint density at radius 2 is 2.00 bits per heavy atom. The van der Waals surface area contributed by atoms with Crippen LogP contribution in [0.25, 0.3) is 0 Å². The summed E-state index contributed by atoms with van der Waals surface area (Å²) in [4.78, 5) is 20.9. The van der Waals surface area contributed by atoms with E-state index in [0.29, 0.717) is 18.7 Å². The van der Waals surface area contributed by atoms with Crippen molar-refractivity contribution in [2.24, 2.45) is 5.92 Å². The highest BCUT2D eigenvalue weighted by Gasteiger charge is 2.32. The highest BCUT2D eigenvalue weighted by atomic mass is 19.4. The van der Waals surface area contributed by atoms with E-state index in [2.05, 4.69) is 32.4 Å². The average molecular weight is 345 g/mol. The summed E-state index contributed by atoms with van der Waals surface area (Å²) in [6.45, 7) is 5.93. The highest BCUT2D eigenvalue weighted by Crippen LogP contribution is 2.26. The van der Waals surface area contributed by atoms with Crippen molar-refractivity contribution in [2.45, 2.75) is 32.4 Å². The summed E-state index contributed by atoms with van der Waals surface area (Å²) in [5.74, 6) is 0.579. The molecule has 0 atom stereocenters. The lowest BCUT2D eigenvalue weighted by Crippen LogP contribution is -2.35. The van der Waals surface area contributed by atoms with E-state index >= 15 is 0 Å². The molecule has 24 heavy (non-hydrogen) atoms. The van der Waals surface area contributed by atoms with Gasteiger partial charge in [0.1, 0.15) is 0 Å². The van der Waals surface area contributed by atoms with Gasteiger partial charge < -0.3 is 10.2 Å². The number of amides is 2. The molecule has 2 amide bonds. The Kier molecular flexibility index (Phi) is 6.36. The Balaban J connectivity index is 1.68. The number of urea groups is 1. The molecule has 1 aliphatic heterocycles. The molecule has 1 aliphatic rings. The van der Waals surface area contributed by atoms with E-state index < -0.39 is 17.9 Å². The molecule has 9 heteroatoms. The van der Waals surface area contributed by atoms with Crippen molar-refractivity contribution < 1.29 is 18.0 Å². The minimum Gasteiger partial charge on any atom is -0.338 e. The molecule has 134 valence electrons. The second-order valence-electron chi connectivity index (χ2n) is 5.83. The third kappa shape index (κ3) is 5.63. The molecule has 0 spiro atoms. The molecular formula is C15H22F3N5O. The van der Waals surface area contributed by atoms with Gasteiger partial charge in [-0.05, 0) is 44.8 Å². The van der Waals surface area contributed by atoms with Crippen LogP contribution in [-0.4, -0.2) is 47.1 Å². The Bertz CT molecular complexity index is 527. The fraction of sp³-hybridized carbons (Fsp3) is 0.667. The molecule has 0 bridgehead atoms. The minimum absolute atomic E-state index is 0.0169. The number of carbonyl (C=O) groups is 1. The second-order valence-corrected chi connectivity index (χ2v) is 5.83. The fourth-order valence-electron chi connectivity index (χ4n) is 2.68. The molecule has 2 N–H and O–H groups in total. The third-order valence-corrected chi connectivity index (χ3v) is 4.18. The van der Waals surface area contributed by atoms with Gasteiger partial charge in [0.05, 0.1) is 12.4 Å². The van der Waals surface area contributed by atoms with Gasteiger partial charge in [0, 0.05) is 6.54 Å². The zero-order valence-corrected chi connectivity index (χ0v) is 13.6. The van der Waals surface area contributed by atoms with Crippen LogP contribution in [0.3, 0.4) is 0 Å². The Morgan fingerprint density at radius 3 is 2.54 bits per heavy atom. The van der Waals surface area contributed by atoms with Crippen molar-refractivity contribution in [3.8, 4) is 0 Å². The van der Waals surface area contributed by atoms with Crippen LogP contribution in [0.1, 0.15) is 31.9 Å². The van der Waals surface area contributed by atoms with Crippen LogP contribution in [0.2, 0.25) is 0 Å². The summed E-state index contributed by atoms with van der Waals surface area (Å²) in [6.07, 6.45) is 0.0911. The van der Waals surface area contributed by atoms with Gasteiger partial charge in [-0.1, -0.05) is 6.92 Å². The number of nitrogens with zero attached hydrogens (tertiary/aromatic N) is 3. The predicted octanol–water partition coefficient (Wildman–Crippen LogP) is 2.74. The first-order chi connectivity index (χ1) is 11.4. The molecule has 2 rings (SSSR count). The number of alkyl halides is 3. The lowest BCUT2D eigenvalue weighted by molar-refractivity contribution is -0.141. The minimum atomic E-state index is -4.54. The zero-order chi connectivity index (χ0) is 17.6. The van der Waals surface area contributed by atoms with Crippen molar-refractivity contribution in [2.75, 3.05) is 31.5 Å². The number of halogens is 3. The maximum absolute atomic E-state index is 12.4. The lowest BCUT2D eigenvalue weighted by atomic mass is 9.93. The van der Waals surface area contributed by atoms with Crippen molar-refractivity contribution in [3.05, 3.63) is 18.1 Å². The molecule has 6 nitrogen and oxygen atoms in total. The fourth-order valence-corrected chi connectivity index (χ4v) is 2.68. The maximum atomic E-state index is 12.4. The number of anilines is 1. The number of carbonyl (C=O) groups excluding carboxylic acids is 1. The van der Waals surface area contributed by atoms with E-state index in [1.165, 1.54) is 0 Å². The second kappa shape index (κ2) is 8.27. The number of nitrogens with one attached hydrogen (secondary N) is 2. The largest absolute Gasteiger partial charge is 0.434 e. The number of likely N-dealkylation sites (tertiary alicyclic amines) is 1. The Hall–Kier alpha value is -1.90. The Morgan fingerprint density at radius 1 is 1.29 bits per heavy atom. The van der Waals surface area contributed by atoms with Crippen molar-refractivity contribution >= 4 is 11.8 Å². The monoisotopic (exact) mass is 345 g/mol. The summed E-state index contributed by atoms with van der Waals surface area (Å²) >= 11 is 0. The number of rotatable bonds is 5. The zero-order valence-electron chi connectivity index (χ0n) is 13.6. The van der Waals surface area contributed by atoms with E-state index in [1.54, 1.807) is 0 Å². The molecule has 2 heterocycles. The van der Waals surface area contributed by atoms with E-state index in [0.717, 1.165) is 45.1 Å². The van der Waals surface area contributed by atoms with Gasteiger partial charge in [-0.3, -0.25) is 5.32 Å². The molecule has 0 saturated carbocycles. The normalized spacial score (nSPS) is 16.8. The third-order valence-electron chi connectivity index (χ3n) is 4.18. The molecule has 1 fully saturated rings. The Labute approximate surface area is 138 Å². The van der Waals surface area contributed by atoms with E-state index in [9.17, 15) is 18.0 Å². The van der Waals surface area contributed by atoms with Crippen LogP contribution in [0.5, 0.6) is 0 Å². The molecule has 0 aromatic carbocycles. The number of hydrogen-bond donors (Lipinski definition) is 2. The quantitative estimate of drug-likeness (QED) is 0.861. The average Bonchev–Trinajstić information content (AvgIpc) is 2.55. The first-order valence-electron chi connectivity index (χ1n) is 8.05. The van der Waals surface area contributed by atoms with Crippen molar-refractivity contribution in [1.29, 1.82) is 0 Å². The van der Waals surface area contributed by atoms with Gasteiger partial charge in [-0.25, -0.2) is 14.8 Å². The summed E-state index contributed by atoms with van der Waals surface area (Å²) < 4.78 is 37.1. The molecular weight excluding hydrogens is 323 g/mol. The number of piperidine rings is 1. The van der Waals surface area contributed by atoms with Crippen LogP contribution in [0, 0.1) is 5.92 Å². The van der Waals surface area contributed by atoms with Crippen LogP contribution < -0.4 is 10.6 Å². The number of hydrogen-bond acceptors (Lipinski definition) is 4. The SMILES string of the molecule is CCN1CCC(CCNC(=O)Nc2cnc(C(F)(F)F)cn2)CC1. The first kappa shape index (κ1) is 18.4. The molecule has 0 unspecified atom stereocenters. The van der Waals surface area contributed by atoms with Gasteiger partial charge in [-0.15, -0.1) is 0 Å². The van der Waals surface area contributed by atoms with Gasteiger partial charge in [-0.2, -0.15) is 13.2 Å². The highest BCUT2D eigenvalue weighted by molar-refractivity contribution is 5.87.